The minimum absolute atomic E-state index is 0.139. The fourth-order valence-corrected chi connectivity index (χ4v) is 0.972. The van der Waals surface area contributed by atoms with Crippen LogP contribution in [0.3, 0.4) is 0 Å². The molecule has 0 aromatic rings. The Hall–Kier alpha value is -1.24. The molecule has 0 aliphatic rings. The molecule has 0 radical (unpaired) electrons. The van der Waals surface area contributed by atoms with E-state index in [1.54, 1.807) is 4.90 Å². The van der Waals surface area contributed by atoms with Crippen molar-refractivity contribution in [3.8, 4) is 6.07 Å². The summed E-state index contributed by atoms with van der Waals surface area (Å²) >= 11 is 0. The molecule has 0 N–H and O–H groups in total. The SMILES string of the molecule is CCN(C(=O)OCCC#N)C(C)C. The van der Waals surface area contributed by atoms with Crippen LogP contribution >= 0.6 is 0 Å². The molecular formula is C9H16N2O2. The number of rotatable bonds is 4. The third kappa shape index (κ3) is 4.36. The van der Waals surface area contributed by atoms with E-state index in [9.17, 15) is 4.79 Å². The molecule has 0 saturated carbocycles. The predicted molar refractivity (Wildman–Crippen MR) is 49.1 cm³/mol. The number of hydrogen-bond donors (Lipinski definition) is 0. The first-order chi connectivity index (χ1) is 6.13. The second kappa shape index (κ2) is 6.30. The molecule has 0 spiro atoms. The van der Waals surface area contributed by atoms with Crippen LogP contribution in [0, 0.1) is 11.3 Å². The van der Waals surface area contributed by atoms with E-state index < -0.39 is 0 Å². The van der Waals surface area contributed by atoms with Gasteiger partial charge < -0.3 is 9.64 Å². The Morgan fingerprint density at radius 2 is 2.23 bits per heavy atom. The molecule has 0 unspecified atom stereocenters. The maximum Gasteiger partial charge on any atom is 0.410 e. The molecule has 13 heavy (non-hydrogen) atoms. The zero-order chi connectivity index (χ0) is 10.3. The minimum Gasteiger partial charge on any atom is -0.448 e. The summed E-state index contributed by atoms with van der Waals surface area (Å²) in [5.41, 5.74) is 0. The number of carbonyl (C=O) groups is 1. The molecule has 0 rings (SSSR count). The molecule has 0 atom stereocenters. The second-order valence-electron chi connectivity index (χ2n) is 2.90. The van der Waals surface area contributed by atoms with Crippen molar-refractivity contribution in [1.29, 1.82) is 5.26 Å². The van der Waals surface area contributed by atoms with Crippen LogP contribution in [-0.4, -0.2) is 30.2 Å². The van der Waals surface area contributed by atoms with E-state index in [1.807, 2.05) is 26.8 Å². The summed E-state index contributed by atoms with van der Waals surface area (Å²) in [6.07, 6.45) is -0.0887. The molecule has 4 nitrogen and oxygen atoms in total. The lowest BCUT2D eigenvalue weighted by Gasteiger charge is -2.23. The van der Waals surface area contributed by atoms with Crippen LogP contribution in [0.1, 0.15) is 27.2 Å². The van der Waals surface area contributed by atoms with Crippen molar-refractivity contribution in [2.75, 3.05) is 13.2 Å². The molecule has 0 saturated heterocycles. The highest BCUT2D eigenvalue weighted by Gasteiger charge is 2.15. The topological polar surface area (TPSA) is 53.3 Å². The van der Waals surface area contributed by atoms with Gasteiger partial charge in [0.05, 0.1) is 12.5 Å². The first-order valence-corrected chi connectivity index (χ1v) is 4.43. The summed E-state index contributed by atoms with van der Waals surface area (Å²) in [6.45, 7) is 6.55. The van der Waals surface area contributed by atoms with Crippen molar-refractivity contribution in [2.24, 2.45) is 0 Å². The van der Waals surface area contributed by atoms with Crippen LogP contribution in [-0.2, 0) is 4.74 Å². The average molecular weight is 184 g/mol. The van der Waals surface area contributed by atoms with Crippen LogP contribution < -0.4 is 0 Å². The lowest BCUT2D eigenvalue weighted by molar-refractivity contribution is 0.0957. The van der Waals surface area contributed by atoms with Crippen molar-refractivity contribution in [1.82, 2.24) is 4.90 Å². The van der Waals surface area contributed by atoms with Crippen LogP contribution in [0.5, 0.6) is 0 Å². The monoisotopic (exact) mass is 184 g/mol. The average Bonchev–Trinajstić information content (AvgIpc) is 2.05. The van der Waals surface area contributed by atoms with Gasteiger partial charge in [-0.15, -0.1) is 0 Å². The summed E-state index contributed by atoms with van der Waals surface area (Å²) in [6, 6.07) is 2.05. The summed E-state index contributed by atoms with van der Waals surface area (Å²) in [5, 5.41) is 8.23. The highest BCUT2D eigenvalue weighted by molar-refractivity contribution is 5.67. The van der Waals surface area contributed by atoms with Crippen LogP contribution in [0.2, 0.25) is 0 Å². The van der Waals surface area contributed by atoms with E-state index in [4.69, 9.17) is 10.00 Å². The van der Waals surface area contributed by atoms with Gasteiger partial charge in [-0.1, -0.05) is 0 Å². The molecule has 0 heterocycles. The van der Waals surface area contributed by atoms with Crippen molar-refractivity contribution < 1.29 is 9.53 Å². The molecule has 0 fully saturated rings. The molecule has 0 aliphatic carbocycles. The van der Waals surface area contributed by atoms with E-state index in [2.05, 4.69) is 0 Å². The standard InChI is InChI=1S/C9H16N2O2/c1-4-11(8(2)3)9(12)13-7-5-6-10/h8H,4-5,7H2,1-3H3. The number of hydrogen-bond acceptors (Lipinski definition) is 3. The molecular weight excluding hydrogens is 168 g/mol. The lowest BCUT2D eigenvalue weighted by atomic mass is 10.3. The van der Waals surface area contributed by atoms with Gasteiger partial charge >= 0.3 is 6.09 Å². The Balaban J connectivity index is 3.86. The normalized spacial score (nSPS) is 9.46. The summed E-state index contributed by atoms with van der Waals surface area (Å²) in [5.74, 6) is 0. The maximum atomic E-state index is 11.3. The number of amides is 1. The van der Waals surface area contributed by atoms with Crippen molar-refractivity contribution in [3.63, 3.8) is 0 Å². The van der Waals surface area contributed by atoms with E-state index >= 15 is 0 Å². The molecule has 0 aliphatic heterocycles. The van der Waals surface area contributed by atoms with Gasteiger partial charge in [0.15, 0.2) is 0 Å². The zero-order valence-corrected chi connectivity index (χ0v) is 8.41. The quantitative estimate of drug-likeness (QED) is 0.625. The van der Waals surface area contributed by atoms with Gasteiger partial charge in [0.1, 0.15) is 6.61 Å². The second-order valence-corrected chi connectivity index (χ2v) is 2.90. The number of carbonyl (C=O) groups excluding carboxylic acids is 1. The van der Waals surface area contributed by atoms with E-state index in [-0.39, 0.29) is 25.2 Å². The predicted octanol–water partition coefficient (Wildman–Crippen LogP) is 1.77. The number of ether oxygens (including phenoxy) is 1. The lowest BCUT2D eigenvalue weighted by Crippen LogP contribution is -2.37. The Morgan fingerprint density at radius 3 is 2.62 bits per heavy atom. The molecule has 74 valence electrons. The van der Waals surface area contributed by atoms with Gasteiger partial charge in [0.2, 0.25) is 0 Å². The van der Waals surface area contributed by atoms with Crippen molar-refractivity contribution >= 4 is 6.09 Å². The summed E-state index contributed by atoms with van der Waals surface area (Å²) in [7, 11) is 0. The Morgan fingerprint density at radius 1 is 1.62 bits per heavy atom. The highest BCUT2D eigenvalue weighted by Crippen LogP contribution is 2.00. The van der Waals surface area contributed by atoms with Gasteiger partial charge in [0, 0.05) is 12.6 Å². The Labute approximate surface area is 79.1 Å². The van der Waals surface area contributed by atoms with E-state index in [0.717, 1.165) is 0 Å². The van der Waals surface area contributed by atoms with Crippen LogP contribution in [0.15, 0.2) is 0 Å². The molecule has 0 aromatic carbocycles. The van der Waals surface area contributed by atoms with E-state index in [0.29, 0.717) is 6.54 Å². The maximum absolute atomic E-state index is 11.3. The van der Waals surface area contributed by atoms with Crippen molar-refractivity contribution in [3.05, 3.63) is 0 Å². The Bertz CT molecular complexity index is 196. The third-order valence-corrected chi connectivity index (χ3v) is 1.64. The molecule has 1 amide bonds. The van der Waals surface area contributed by atoms with Crippen molar-refractivity contribution in [2.45, 2.75) is 33.2 Å². The molecule has 0 bridgehead atoms. The van der Waals surface area contributed by atoms with Gasteiger partial charge in [-0.25, -0.2) is 4.79 Å². The highest BCUT2D eigenvalue weighted by atomic mass is 16.6. The van der Waals surface area contributed by atoms with Gasteiger partial charge in [-0.05, 0) is 20.8 Å². The first-order valence-electron chi connectivity index (χ1n) is 4.43. The van der Waals surface area contributed by atoms with Gasteiger partial charge in [-0.3, -0.25) is 0 Å². The zero-order valence-electron chi connectivity index (χ0n) is 8.41. The third-order valence-electron chi connectivity index (χ3n) is 1.64. The minimum atomic E-state index is -0.340. The molecule has 4 heteroatoms. The number of nitrogens with zero attached hydrogens (tertiary/aromatic N) is 2. The number of nitriles is 1. The molecule has 0 aromatic heterocycles. The summed E-state index contributed by atoms with van der Waals surface area (Å²) in [4.78, 5) is 12.9. The largest absolute Gasteiger partial charge is 0.448 e. The first kappa shape index (κ1) is 11.8. The van der Waals surface area contributed by atoms with Crippen LogP contribution in [0.4, 0.5) is 4.79 Å². The summed E-state index contributed by atoms with van der Waals surface area (Å²) < 4.78 is 4.86. The fourth-order valence-electron chi connectivity index (χ4n) is 0.972. The smallest absolute Gasteiger partial charge is 0.410 e. The van der Waals surface area contributed by atoms with Gasteiger partial charge in [-0.2, -0.15) is 5.26 Å². The van der Waals surface area contributed by atoms with Crippen LogP contribution in [0.25, 0.3) is 0 Å². The van der Waals surface area contributed by atoms with Gasteiger partial charge in [0.25, 0.3) is 0 Å². The fraction of sp³-hybridized carbons (Fsp3) is 0.778. The Kier molecular flexibility index (Phi) is 5.69. The van der Waals surface area contributed by atoms with E-state index in [1.165, 1.54) is 0 Å².